The number of hydrogen-bond acceptors (Lipinski definition) is 5. The van der Waals surface area contributed by atoms with Gasteiger partial charge in [0.05, 0.1) is 29.8 Å². The lowest BCUT2D eigenvalue weighted by atomic mass is 10.2. The minimum Gasteiger partial charge on any atom is -0.494 e. The first-order chi connectivity index (χ1) is 8.49. The fourth-order valence-electron chi connectivity index (χ4n) is 1.31. The molecule has 0 spiro atoms. The minimum atomic E-state index is -0.620. The molecule has 7 nitrogen and oxygen atoms in total. The van der Waals surface area contributed by atoms with E-state index in [1.807, 2.05) is 0 Å². The van der Waals surface area contributed by atoms with E-state index in [4.69, 9.17) is 10.5 Å². The quantitative estimate of drug-likeness (QED) is 0.607. The predicted octanol–water partition coefficient (Wildman–Crippen LogP) is 1.28. The molecule has 0 radical (unpaired) electrons. The monoisotopic (exact) mass is 253 g/mol. The Morgan fingerprint density at radius 1 is 1.61 bits per heavy atom. The van der Waals surface area contributed by atoms with Crippen molar-refractivity contribution in [3.8, 4) is 5.75 Å². The van der Waals surface area contributed by atoms with Gasteiger partial charge in [0.1, 0.15) is 5.75 Å². The van der Waals surface area contributed by atoms with Crippen molar-refractivity contribution in [2.75, 3.05) is 12.4 Å². The molecule has 0 aliphatic carbocycles. The SMILES string of the molecule is CC[C@@H](N)C(=O)Nc1ccc([N+](=O)[O-])cc1OC. The molecule has 1 aromatic carbocycles. The van der Waals surface area contributed by atoms with Crippen LogP contribution < -0.4 is 15.8 Å². The molecule has 18 heavy (non-hydrogen) atoms. The fourth-order valence-corrected chi connectivity index (χ4v) is 1.31. The maximum Gasteiger partial charge on any atom is 0.273 e. The second-order valence-corrected chi connectivity index (χ2v) is 3.65. The predicted molar refractivity (Wildman–Crippen MR) is 66.5 cm³/mol. The van der Waals surface area contributed by atoms with E-state index in [1.165, 1.54) is 25.3 Å². The van der Waals surface area contributed by atoms with Gasteiger partial charge in [0.25, 0.3) is 5.69 Å². The van der Waals surface area contributed by atoms with Crippen LogP contribution in [0.5, 0.6) is 5.75 Å². The average molecular weight is 253 g/mol. The van der Waals surface area contributed by atoms with Gasteiger partial charge in [0, 0.05) is 6.07 Å². The van der Waals surface area contributed by atoms with Gasteiger partial charge in [-0.25, -0.2) is 0 Å². The van der Waals surface area contributed by atoms with Crippen LogP contribution in [0, 0.1) is 10.1 Å². The van der Waals surface area contributed by atoms with Crippen molar-refractivity contribution in [1.82, 2.24) is 0 Å². The van der Waals surface area contributed by atoms with Crippen LogP contribution in [-0.4, -0.2) is 24.0 Å². The molecule has 1 rings (SSSR count). The summed E-state index contributed by atoms with van der Waals surface area (Å²) in [6.07, 6.45) is 0.501. The Balaban J connectivity index is 2.96. The normalized spacial score (nSPS) is 11.7. The van der Waals surface area contributed by atoms with E-state index >= 15 is 0 Å². The number of carbonyl (C=O) groups is 1. The van der Waals surface area contributed by atoms with E-state index in [9.17, 15) is 14.9 Å². The molecule has 0 saturated heterocycles. The van der Waals surface area contributed by atoms with Gasteiger partial charge in [-0.3, -0.25) is 14.9 Å². The summed E-state index contributed by atoms with van der Waals surface area (Å²) in [7, 11) is 1.37. The number of hydrogen-bond donors (Lipinski definition) is 2. The summed E-state index contributed by atoms with van der Waals surface area (Å²) in [5, 5.41) is 13.2. The topological polar surface area (TPSA) is 107 Å². The van der Waals surface area contributed by atoms with Crippen LogP contribution in [0.1, 0.15) is 13.3 Å². The summed E-state index contributed by atoms with van der Waals surface area (Å²) < 4.78 is 4.99. The third-order valence-corrected chi connectivity index (χ3v) is 2.43. The smallest absolute Gasteiger partial charge is 0.273 e. The summed E-state index contributed by atoms with van der Waals surface area (Å²) in [4.78, 5) is 21.7. The Kier molecular flexibility index (Phi) is 4.61. The van der Waals surface area contributed by atoms with Crippen LogP contribution in [0.3, 0.4) is 0 Å². The maximum atomic E-state index is 11.6. The lowest BCUT2D eigenvalue weighted by molar-refractivity contribution is -0.384. The van der Waals surface area contributed by atoms with Crippen molar-refractivity contribution in [2.24, 2.45) is 5.73 Å². The maximum absolute atomic E-state index is 11.6. The Bertz CT molecular complexity index is 462. The molecule has 0 unspecified atom stereocenters. The van der Waals surface area contributed by atoms with Gasteiger partial charge in [-0.1, -0.05) is 6.92 Å². The lowest BCUT2D eigenvalue weighted by Gasteiger charge is -2.12. The number of nitrogens with two attached hydrogens (primary N) is 1. The number of nitrogens with zero attached hydrogens (tertiary/aromatic N) is 1. The highest BCUT2D eigenvalue weighted by atomic mass is 16.6. The van der Waals surface area contributed by atoms with Crippen LogP contribution in [0.4, 0.5) is 11.4 Å². The molecule has 0 aliphatic rings. The molecule has 7 heteroatoms. The van der Waals surface area contributed by atoms with Crippen LogP contribution in [0.15, 0.2) is 18.2 Å². The average Bonchev–Trinajstić information content (AvgIpc) is 2.37. The van der Waals surface area contributed by atoms with Gasteiger partial charge in [-0.05, 0) is 12.5 Å². The van der Waals surface area contributed by atoms with Crippen molar-refractivity contribution in [2.45, 2.75) is 19.4 Å². The molecular formula is C11H15N3O4. The Hall–Kier alpha value is -2.15. The van der Waals surface area contributed by atoms with E-state index < -0.39 is 11.0 Å². The van der Waals surface area contributed by atoms with Crippen LogP contribution in [0.2, 0.25) is 0 Å². The Morgan fingerprint density at radius 3 is 2.78 bits per heavy atom. The number of anilines is 1. The molecule has 0 aliphatic heterocycles. The first-order valence-electron chi connectivity index (χ1n) is 5.38. The molecule has 0 saturated carbocycles. The zero-order chi connectivity index (χ0) is 13.7. The van der Waals surface area contributed by atoms with Gasteiger partial charge in [0.2, 0.25) is 5.91 Å². The van der Waals surface area contributed by atoms with Gasteiger partial charge in [-0.15, -0.1) is 0 Å². The molecule has 1 atom stereocenters. The number of nitro groups is 1. The number of rotatable bonds is 5. The third kappa shape index (κ3) is 3.17. The van der Waals surface area contributed by atoms with Crippen molar-refractivity contribution < 1.29 is 14.5 Å². The molecular weight excluding hydrogens is 238 g/mol. The second-order valence-electron chi connectivity index (χ2n) is 3.65. The number of nitrogens with one attached hydrogen (secondary N) is 1. The van der Waals surface area contributed by atoms with E-state index in [-0.39, 0.29) is 17.3 Å². The standard InChI is InChI=1S/C11H15N3O4/c1-3-8(12)11(15)13-9-5-4-7(14(16)17)6-10(9)18-2/h4-6,8H,3,12H2,1-2H3,(H,13,15)/t8-/m1/s1. The minimum absolute atomic E-state index is 0.107. The molecule has 0 fully saturated rings. The number of carbonyl (C=O) groups excluding carboxylic acids is 1. The van der Waals surface area contributed by atoms with Gasteiger partial charge >= 0.3 is 0 Å². The summed E-state index contributed by atoms with van der Waals surface area (Å²) in [6.45, 7) is 1.79. The third-order valence-electron chi connectivity index (χ3n) is 2.43. The highest BCUT2D eigenvalue weighted by molar-refractivity contribution is 5.96. The number of non-ortho nitro benzene ring substituents is 1. The first kappa shape index (κ1) is 13.9. The molecule has 98 valence electrons. The molecule has 3 N–H and O–H groups in total. The number of nitro benzene ring substituents is 1. The zero-order valence-corrected chi connectivity index (χ0v) is 10.2. The van der Waals surface area contributed by atoms with Crippen molar-refractivity contribution >= 4 is 17.3 Å². The zero-order valence-electron chi connectivity index (χ0n) is 10.2. The summed E-state index contributed by atoms with van der Waals surface area (Å²) >= 11 is 0. The summed E-state index contributed by atoms with van der Waals surface area (Å²) in [5.41, 5.74) is 5.82. The highest BCUT2D eigenvalue weighted by Crippen LogP contribution is 2.28. The van der Waals surface area contributed by atoms with Gasteiger partial charge in [-0.2, -0.15) is 0 Å². The van der Waals surface area contributed by atoms with Crippen molar-refractivity contribution in [3.05, 3.63) is 28.3 Å². The second kappa shape index (κ2) is 5.97. The molecule has 0 aromatic heterocycles. The van der Waals surface area contributed by atoms with Crippen molar-refractivity contribution in [1.29, 1.82) is 0 Å². The largest absolute Gasteiger partial charge is 0.494 e. The van der Waals surface area contributed by atoms with E-state index in [0.717, 1.165) is 0 Å². The first-order valence-corrected chi connectivity index (χ1v) is 5.38. The van der Waals surface area contributed by atoms with Crippen molar-refractivity contribution in [3.63, 3.8) is 0 Å². The van der Waals surface area contributed by atoms with Crippen LogP contribution in [-0.2, 0) is 4.79 Å². The molecule has 0 heterocycles. The Morgan fingerprint density at radius 2 is 2.28 bits per heavy atom. The molecule has 1 aromatic rings. The van der Waals surface area contributed by atoms with Crippen LogP contribution in [0.25, 0.3) is 0 Å². The van der Waals surface area contributed by atoms with Crippen LogP contribution >= 0.6 is 0 Å². The number of benzene rings is 1. The fraction of sp³-hybridized carbons (Fsp3) is 0.364. The molecule has 0 bridgehead atoms. The molecule has 1 amide bonds. The Labute approximate surface area is 104 Å². The van der Waals surface area contributed by atoms with Gasteiger partial charge in [0.15, 0.2) is 0 Å². The van der Waals surface area contributed by atoms with E-state index in [0.29, 0.717) is 12.1 Å². The number of amides is 1. The number of ether oxygens (including phenoxy) is 1. The van der Waals surface area contributed by atoms with Gasteiger partial charge < -0.3 is 15.8 Å². The summed E-state index contributed by atoms with van der Waals surface area (Å²) in [5.74, 6) is -0.134. The lowest BCUT2D eigenvalue weighted by Crippen LogP contribution is -2.34. The highest BCUT2D eigenvalue weighted by Gasteiger charge is 2.16. The number of methoxy groups -OCH3 is 1. The summed E-state index contributed by atoms with van der Waals surface area (Å²) in [6, 6.07) is 3.32. The van der Waals surface area contributed by atoms with E-state index in [2.05, 4.69) is 5.32 Å². The van der Waals surface area contributed by atoms with E-state index in [1.54, 1.807) is 6.92 Å².